The molecule has 0 saturated carbocycles. The number of hydrogen-bond acceptors (Lipinski definition) is 3. The van der Waals surface area contributed by atoms with Crippen molar-refractivity contribution < 1.29 is 14.7 Å². The number of carboxylic acids is 1. The largest absolute Gasteiger partial charge is 0.480 e. The summed E-state index contributed by atoms with van der Waals surface area (Å²) in [5.74, 6) is -0.655. The molecule has 2 rings (SSSR count). The molecule has 0 aliphatic carbocycles. The number of hydrogen-bond donors (Lipinski definition) is 2. The topological polar surface area (TPSA) is 66.4 Å². The van der Waals surface area contributed by atoms with E-state index in [2.05, 4.69) is 5.32 Å². The normalized spacial score (nSPS) is 19.2. The van der Waals surface area contributed by atoms with Crippen LogP contribution in [-0.4, -0.2) is 28.8 Å². The molecule has 5 heteroatoms. The third-order valence-electron chi connectivity index (χ3n) is 3.51. The third kappa shape index (κ3) is 3.15. The Balaban J connectivity index is 2.16. The molecule has 20 heavy (non-hydrogen) atoms. The van der Waals surface area contributed by atoms with Crippen LogP contribution < -0.4 is 5.32 Å². The van der Waals surface area contributed by atoms with Crippen molar-refractivity contribution in [1.29, 1.82) is 0 Å². The highest BCUT2D eigenvalue weighted by Crippen LogP contribution is 2.37. The van der Waals surface area contributed by atoms with Crippen LogP contribution in [0.4, 0.5) is 0 Å². The molecule has 1 aromatic rings. The van der Waals surface area contributed by atoms with Crippen molar-refractivity contribution in [2.75, 3.05) is 5.75 Å². The fourth-order valence-corrected chi connectivity index (χ4v) is 3.51. The van der Waals surface area contributed by atoms with Gasteiger partial charge in [-0.25, -0.2) is 4.79 Å². The van der Waals surface area contributed by atoms with E-state index in [1.54, 1.807) is 25.6 Å². The minimum Gasteiger partial charge on any atom is -0.480 e. The van der Waals surface area contributed by atoms with Crippen LogP contribution in [0.15, 0.2) is 29.2 Å². The molecule has 1 unspecified atom stereocenters. The minimum absolute atomic E-state index is 0.135. The van der Waals surface area contributed by atoms with Gasteiger partial charge in [0.1, 0.15) is 6.04 Å². The number of fused-ring (bicyclic) bond motifs is 1. The second kappa shape index (κ2) is 6.31. The number of rotatable bonds is 4. The summed E-state index contributed by atoms with van der Waals surface area (Å²) >= 11 is 1.75. The summed E-state index contributed by atoms with van der Waals surface area (Å²) in [5, 5.41) is 11.8. The lowest BCUT2D eigenvalue weighted by atomic mass is 9.93. The van der Waals surface area contributed by atoms with Crippen LogP contribution >= 0.6 is 11.8 Å². The van der Waals surface area contributed by atoms with Gasteiger partial charge < -0.3 is 10.4 Å². The van der Waals surface area contributed by atoms with E-state index in [9.17, 15) is 9.59 Å². The van der Waals surface area contributed by atoms with Crippen LogP contribution in [0, 0.1) is 5.92 Å². The second-order valence-electron chi connectivity index (χ2n) is 5.30. The minimum atomic E-state index is -0.980. The van der Waals surface area contributed by atoms with E-state index in [0.29, 0.717) is 0 Å². The first-order valence-corrected chi connectivity index (χ1v) is 7.74. The number of thioether (sulfide) groups is 1. The van der Waals surface area contributed by atoms with Gasteiger partial charge in [-0.2, -0.15) is 0 Å². The van der Waals surface area contributed by atoms with Crippen LogP contribution in [-0.2, 0) is 9.59 Å². The number of aliphatic carboxylic acids is 1. The zero-order valence-corrected chi connectivity index (χ0v) is 12.4. The van der Waals surface area contributed by atoms with E-state index in [1.807, 2.05) is 24.3 Å². The Kier molecular flexibility index (Phi) is 4.70. The van der Waals surface area contributed by atoms with Crippen molar-refractivity contribution in [2.45, 2.75) is 37.1 Å². The summed E-state index contributed by atoms with van der Waals surface area (Å²) in [6.45, 7) is 3.59. The third-order valence-corrected chi connectivity index (χ3v) is 4.63. The molecule has 0 bridgehead atoms. The number of amides is 1. The molecule has 1 aliphatic rings. The molecule has 2 N–H and O–H groups in total. The molecule has 0 aromatic heterocycles. The lowest BCUT2D eigenvalue weighted by Crippen LogP contribution is -2.46. The van der Waals surface area contributed by atoms with Gasteiger partial charge in [-0.1, -0.05) is 32.0 Å². The van der Waals surface area contributed by atoms with E-state index < -0.39 is 12.0 Å². The van der Waals surface area contributed by atoms with Crippen LogP contribution in [0.1, 0.15) is 31.7 Å². The Morgan fingerprint density at radius 3 is 2.70 bits per heavy atom. The number of carbonyl (C=O) groups is 2. The summed E-state index contributed by atoms with van der Waals surface area (Å²) in [4.78, 5) is 24.7. The molecule has 1 amide bonds. The lowest BCUT2D eigenvalue weighted by Gasteiger charge is -2.26. The number of nitrogens with one attached hydrogen (secondary N) is 1. The van der Waals surface area contributed by atoms with E-state index in [-0.39, 0.29) is 17.7 Å². The summed E-state index contributed by atoms with van der Waals surface area (Å²) in [6.07, 6.45) is 0.748. The average molecular weight is 293 g/mol. The van der Waals surface area contributed by atoms with Crippen molar-refractivity contribution in [2.24, 2.45) is 5.92 Å². The van der Waals surface area contributed by atoms with E-state index in [1.165, 1.54) is 0 Å². The second-order valence-corrected chi connectivity index (χ2v) is 6.43. The maximum Gasteiger partial charge on any atom is 0.326 e. The van der Waals surface area contributed by atoms with Crippen LogP contribution in [0.25, 0.3) is 0 Å². The van der Waals surface area contributed by atoms with Crippen molar-refractivity contribution in [3.05, 3.63) is 29.8 Å². The Bertz CT molecular complexity index is 516. The zero-order valence-electron chi connectivity index (χ0n) is 11.6. The van der Waals surface area contributed by atoms with Crippen LogP contribution in [0.3, 0.4) is 0 Å². The predicted molar refractivity (Wildman–Crippen MR) is 78.9 cm³/mol. The Hall–Kier alpha value is -1.49. The fraction of sp³-hybridized carbons (Fsp3) is 0.467. The highest BCUT2D eigenvalue weighted by molar-refractivity contribution is 7.99. The number of carbonyl (C=O) groups excluding carboxylic acids is 1. The van der Waals surface area contributed by atoms with Gasteiger partial charge in [-0.05, 0) is 29.7 Å². The fourth-order valence-electron chi connectivity index (χ4n) is 2.38. The molecule has 108 valence electrons. The molecule has 1 heterocycles. The molecular weight excluding hydrogens is 274 g/mol. The number of carboxylic acid groups (broad SMARTS) is 1. The van der Waals surface area contributed by atoms with Gasteiger partial charge in [-0.15, -0.1) is 11.8 Å². The van der Waals surface area contributed by atoms with Crippen LogP contribution in [0.2, 0.25) is 0 Å². The molecule has 0 radical (unpaired) electrons. The van der Waals surface area contributed by atoms with Crippen molar-refractivity contribution >= 4 is 23.6 Å². The van der Waals surface area contributed by atoms with Gasteiger partial charge in [0, 0.05) is 4.90 Å². The van der Waals surface area contributed by atoms with Gasteiger partial charge in [0.25, 0.3) is 0 Å². The summed E-state index contributed by atoms with van der Waals surface area (Å²) in [7, 11) is 0. The van der Waals surface area contributed by atoms with E-state index in [0.717, 1.165) is 22.6 Å². The molecule has 0 fully saturated rings. The Labute approximate surface area is 123 Å². The molecule has 1 aliphatic heterocycles. The van der Waals surface area contributed by atoms with Crippen LogP contribution in [0.5, 0.6) is 0 Å². The van der Waals surface area contributed by atoms with Gasteiger partial charge >= 0.3 is 5.97 Å². The predicted octanol–water partition coefficient (Wildman–Crippen LogP) is 2.49. The van der Waals surface area contributed by atoms with Crippen molar-refractivity contribution in [3.8, 4) is 0 Å². The standard InChI is InChI=1S/C15H19NO3S/c1-9(2)13(15(18)19)16-14(17)11-7-8-20-12-6-4-3-5-10(11)12/h3-6,9,11,13H,7-8H2,1-2H3,(H,16,17)(H,18,19)/t11?,13-/m1/s1. The maximum absolute atomic E-state index is 12.4. The average Bonchev–Trinajstić information content (AvgIpc) is 2.43. The number of benzene rings is 1. The van der Waals surface area contributed by atoms with E-state index in [4.69, 9.17) is 5.11 Å². The zero-order chi connectivity index (χ0) is 14.7. The first kappa shape index (κ1) is 14.9. The SMILES string of the molecule is CC(C)[C@@H](NC(=O)C1CCSc2ccccc21)C(=O)O. The molecule has 2 atom stereocenters. The highest BCUT2D eigenvalue weighted by Gasteiger charge is 2.31. The summed E-state index contributed by atoms with van der Waals surface area (Å²) in [5.41, 5.74) is 1.01. The van der Waals surface area contributed by atoms with Gasteiger partial charge in [0.05, 0.1) is 5.92 Å². The highest BCUT2D eigenvalue weighted by atomic mass is 32.2. The molecule has 0 spiro atoms. The first-order chi connectivity index (χ1) is 9.50. The molecule has 4 nitrogen and oxygen atoms in total. The van der Waals surface area contributed by atoms with Crippen molar-refractivity contribution in [3.63, 3.8) is 0 Å². The smallest absolute Gasteiger partial charge is 0.326 e. The van der Waals surface area contributed by atoms with Gasteiger partial charge in [0.15, 0.2) is 0 Å². The molecular formula is C15H19NO3S. The quantitative estimate of drug-likeness (QED) is 0.895. The van der Waals surface area contributed by atoms with Gasteiger partial charge in [0.2, 0.25) is 5.91 Å². The summed E-state index contributed by atoms with van der Waals surface area (Å²) in [6, 6.07) is 7.01. The summed E-state index contributed by atoms with van der Waals surface area (Å²) < 4.78 is 0. The maximum atomic E-state index is 12.4. The Morgan fingerprint density at radius 1 is 1.35 bits per heavy atom. The lowest BCUT2D eigenvalue weighted by molar-refractivity contribution is -0.143. The van der Waals surface area contributed by atoms with Gasteiger partial charge in [-0.3, -0.25) is 4.79 Å². The Morgan fingerprint density at radius 2 is 2.05 bits per heavy atom. The molecule has 0 saturated heterocycles. The van der Waals surface area contributed by atoms with E-state index >= 15 is 0 Å². The monoisotopic (exact) mass is 293 g/mol. The first-order valence-electron chi connectivity index (χ1n) is 6.75. The molecule has 1 aromatic carbocycles. The van der Waals surface area contributed by atoms with Crippen molar-refractivity contribution in [1.82, 2.24) is 5.32 Å².